The monoisotopic (exact) mass is 457 g/mol. The Morgan fingerprint density at radius 2 is 1.85 bits per heavy atom. The molecule has 1 aliphatic heterocycles. The number of hydrogen-bond donors (Lipinski definition) is 0. The minimum absolute atomic E-state index is 0.0567. The Hall–Kier alpha value is -3.25. The highest BCUT2D eigenvalue weighted by Gasteiger charge is 2.42. The maximum atomic E-state index is 12.4. The van der Waals surface area contributed by atoms with Crippen molar-refractivity contribution in [2.45, 2.75) is 39.2 Å². The zero-order chi connectivity index (χ0) is 22.8. The largest absolute Gasteiger partial charge is 0.462 e. The Morgan fingerprint density at radius 3 is 2.58 bits per heavy atom. The molecule has 5 nitrogen and oxygen atoms in total. The number of esters is 1. The molecule has 2 atom stereocenters. The fraction of sp³-hybridized carbons (Fsp3) is 0.296. The molecule has 2 aromatic carbocycles. The number of rotatable bonds is 6. The van der Waals surface area contributed by atoms with Crippen LogP contribution in [0.5, 0.6) is 0 Å². The zero-order valence-corrected chi connectivity index (χ0v) is 19.7. The Balaban J connectivity index is 1.54. The van der Waals surface area contributed by atoms with Crippen molar-refractivity contribution >= 4 is 28.1 Å². The summed E-state index contributed by atoms with van der Waals surface area (Å²) in [5.41, 5.74) is 5.63. The number of aryl methyl sites for hydroxylation is 1. The van der Waals surface area contributed by atoms with Crippen LogP contribution in [0.4, 0.5) is 5.13 Å². The molecule has 1 aromatic heterocycles. The first-order valence-corrected chi connectivity index (χ1v) is 12.3. The highest BCUT2D eigenvalue weighted by atomic mass is 32.1. The maximum absolute atomic E-state index is 12.4. The fourth-order valence-electron chi connectivity index (χ4n) is 4.74. The van der Waals surface area contributed by atoms with Gasteiger partial charge in [0.05, 0.1) is 24.1 Å². The van der Waals surface area contributed by atoms with Crippen molar-refractivity contribution in [1.82, 2.24) is 4.98 Å². The van der Waals surface area contributed by atoms with Crippen LogP contribution in [0.15, 0.2) is 77.4 Å². The number of thiazole rings is 1. The van der Waals surface area contributed by atoms with Gasteiger partial charge in [-0.1, -0.05) is 78.1 Å². The molecule has 2 aliphatic rings. The molecule has 3 aromatic rings. The van der Waals surface area contributed by atoms with Crippen LogP contribution in [0, 0.1) is 12.8 Å². The minimum Gasteiger partial charge on any atom is -0.462 e. The summed E-state index contributed by atoms with van der Waals surface area (Å²) in [4.78, 5) is 17.7. The smallest absolute Gasteiger partial charge is 0.350 e. The van der Waals surface area contributed by atoms with E-state index in [9.17, 15) is 4.79 Å². The van der Waals surface area contributed by atoms with Crippen molar-refractivity contribution in [2.75, 3.05) is 11.6 Å². The van der Waals surface area contributed by atoms with E-state index in [4.69, 9.17) is 14.8 Å². The lowest BCUT2D eigenvalue weighted by atomic mass is 9.79. The van der Waals surface area contributed by atoms with Gasteiger partial charge in [0.25, 0.3) is 0 Å². The first kappa shape index (κ1) is 21.6. The molecule has 0 amide bonds. The van der Waals surface area contributed by atoms with Gasteiger partial charge in [-0.05, 0) is 49.8 Å². The van der Waals surface area contributed by atoms with Gasteiger partial charge in [-0.3, -0.25) is 0 Å². The number of aromatic nitrogens is 1. The lowest BCUT2D eigenvalue weighted by molar-refractivity contribution is 0.0531. The molecular weight excluding hydrogens is 430 g/mol. The summed E-state index contributed by atoms with van der Waals surface area (Å²) in [5, 5.41) is 7.94. The summed E-state index contributed by atoms with van der Waals surface area (Å²) in [6, 6.07) is 21.1. The lowest BCUT2D eigenvalue weighted by Gasteiger charge is -2.28. The van der Waals surface area contributed by atoms with Crippen LogP contribution in [0.3, 0.4) is 0 Å². The first-order valence-electron chi connectivity index (χ1n) is 11.5. The van der Waals surface area contributed by atoms with Gasteiger partial charge < -0.3 is 4.74 Å². The number of hydrogen-bond acceptors (Lipinski definition) is 6. The van der Waals surface area contributed by atoms with E-state index in [-0.39, 0.29) is 17.9 Å². The topological polar surface area (TPSA) is 54.8 Å². The molecule has 0 spiro atoms. The molecule has 0 saturated carbocycles. The molecule has 0 unspecified atom stereocenters. The van der Waals surface area contributed by atoms with Crippen molar-refractivity contribution in [3.05, 3.63) is 94.0 Å². The number of hydrazone groups is 1. The predicted octanol–water partition coefficient (Wildman–Crippen LogP) is 6.12. The van der Waals surface area contributed by atoms with Crippen molar-refractivity contribution in [3.8, 4) is 0 Å². The van der Waals surface area contributed by atoms with E-state index >= 15 is 0 Å². The van der Waals surface area contributed by atoms with Crippen LogP contribution in [0.25, 0.3) is 0 Å². The van der Waals surface area contributed by atoms with E-state index in [0.717, 1.165) is 30.1 Å². The molecule has 0 N–H and O–H groups in total. The number of ether oxygens (including phenoxy) is 1. The highest BCUT2D eigenvalue weighted by Crippen LogP contribution is 2.46. The molecule has 0 radical (unpaired) electrons. The average molecular weight is 458 g/mol. The van der Waals surface area contributed by atoms with Crippen LogP contribution >= 0.6 is 11.3 Å². The normalized spacial score (nSPS) is 19.6. The van der Waals surface area contributed by atoms with Crippen molar-refractivity contribution in [2.24, 2.45) is 11.0 Å². The van der Waals surface area contributed by atoms with Gasteiger partial charge in [-0.15, -0.1) is 0 Å². The van der Waals surface area contributed by atoms with Crippen LogP contribution in [0.2, 0.25) is 0 Å². The van der Waals surface area contributed by atoms with Crippen LogP contribution < -0.4 is 5.01 Å². The Morgan fingerprint density at radius 1 is 1.12 bits per heavy atom. The number of benzene rings is 2. The summed E-state index contributed by atoms with van der Waals surface area (Å²) >= 11 is 1.37. The van der Waals surface area contributed by atoms with Crippen molar-refractivity contribution in [3.63, 3.8) is 0 Å². The number of carbonyl (C=O) groups excluding carboxylic acids is 1. The van der Waals surface area contributed by atoms with Gasteiger partial charge in [-0.2, -0.15) is 5.10 Å². The number of fused-ring (bicyclic) bond motifs is 1. The molecule has 6 heteroatoms. The number of anilines is 1. The van der Waals surface area contributed by atoms with Gasteiger partial charge in [0.1, 0.15) is 4.88 Å². The number of nitrogens with zero attached hydrogens (tertiary/aromatic N) is 3. The second-order valence-electron chi connectivity index (χ2n) is 8.39. The van der Waals surface area contributed by atoms with E-state index in [2.05, 4.69) is 54.6 Å². The van der Waals surface area contributed by atoms with Gasteiger partial charge in [-0.25, -0.2) is 14.8 Å². The summed E-state index contributed by atoms with van der Waals surface area (Å²) in [7, 11) is 0. The third kappa shape index (κ3) is 4.23. The molecule has 0 bridgehead atoms. The molecule has 0 fully saturated rings. The van der Waals surface area contributed by atoms with Crippen LogP contribution in [0.1, 0.15) is 52.3 Å². The fourth-order valence-corrected chi connectivity index (χ4v) is 5.69. The molecule has 0 saturated heterocycles. The van der Waals surface area contributed by atoms with Crippen LogP contribution in [-0.4, -0.2) is 23.3 Å². The first-order chi connectivity index (χ1) is 16.2. The van der Waals surface area contributed by atoms with E-state index in [0.29, 0.717) is 17.2 Å². The van der Waals surface area contributed by atoms with E-state index in [1.165, 1.54) is 28.0 Å². The van der Waals surface area contributed by atoms with Gasteiger partial charge >= 0.3 is 5.97 Å². The quantitative estimate of drug-likeness (QED) is 0.418. The standard InChI is InChI=1S/C27H27N3O2S/c1-3-32-26(31)25-18(2)28-27(33-25)30-24(20-13-8-5-9-14-20)22-16-10-15-21(23(22)29-30)17-19-11-6-4-7-12-19/h4-9,11-15,22,24H,3,10,16-17H2,1-2H3/t22-,24-/m0/s1. The van der Waals surface area contributed by atoms with E-state index < -0.39 is 0 Å². The molecule has 33 heavy (non-hydrogen) atoms. The Kier molecular flexibility index (Phi) is 6.09. The van der Waals surface area contributed by atoms with Crippen molar-refractivity contribution < 1.29 is 9.53 Å². The third-order valence-corrected chi connectivity index (χ3v) is 7.36. The van der Waals surface area contributed by atoms with Gasteiger partial charge in [0.2, 0.25) is 5.13 Å². The SMILES string of the molecule is CCOC(=O)c1sc(N2N=C3C(Cc4ccccc4)=CCC[C@@H]3[C@@H]2c2ccccc2)nc1C. The summed E-state index contributed by atoms with van der Waals surface area (Å²) in [6.07, 6.45) is 5.29. The molecule has 168 valence electrons. The second kappa shape index (κ2) is 9.32. The predicted molar refractivity (Wildman–Crippen MR) is 133 cm³/mol. The average Bonchev–Trinajstić information content (AvgIpc) is 3.42. The summed E-state index contributed by atoms with van der Waals surface area (Å²) in [5.74, 6) is -0.0321. The molecule has 1 aliphatic carbocycles. The van der Waals surface area contributed by atoms with Gasteiger partial charge in [0, 0.05) is 5.92 Å². The number of carbonyl (C=O) groups is 1. The number of allylic oxidation sites excluding steroid dienone is 2. The lowest BCUT2D eigenvalue weighted by Crippen LogP contribution is -2.27. The van der Waals surface area contributed by atoms with Crippen LogP contribution in [-0.2, 0) is 11.2 Å². The van der Waals surface area contributed by atoms with Crippen molar-refractivity contribution in [1.29, 1.82) is 0 Å². The highest BCUT2D eigenvalue weighted by molar-refractivity contribution is 7.17. The molecule has 2 heterocycles. The minimum atomic E-state index is -0.316. The third-order valence-electron chi connectivity index (χ3n) is 6.23. The summed E-state index contributed by atoms with van der Waals surface area (Å²) in [6.45, 7) is 4.03. The van der Waals surface area contributed by atoms with Gasteiger partial charge in [0.15, 0.2) is 0 Å². The van der Waals surface area contributed by atoms with E-state index in [1.807, 2.05) is 31.0 Å². The second-order valence-corrected chi connectivity index (χ2v) is 9.37. The maximum Gasteiger partial charge on any atom is 0.350 e. The summed E-state index contributed by atoms with van der Waals surface area (Å²) < 4.78 is 5.24. The molecular formula is C27H27N3O2S. The Labute approximate surface area is 198 Å². The molecule has 5 rings (SSSR count). The van der Waals surface area contributed by atoms with E-state index in [1.54, 1.807) is 0 Å². The zero-order valence-electron chi connectivity index (χ0n) is 18.9. The Bertz CT molecular complexity index is 1200.